The summed E-state index contributed by atoms with van der Waals surface area (Å²) in [6.45, 7) is 8.12. The Bertz CT molecular complexity index is 1570. The Balaban J connectivity index is 1.48. The van der Waals surface area contributed by atoms with Crippen LogP contribution in [0, 0.1) is 27.7 Å². The SMILES string of the molecule is Cc1[nH]c2c(NC(=O)c3cccc(C(=O)c4cccc5c(C)c(C)[nH]c45)c3)cccc2c1C. The molecule has 5 nitrogen and oxygen atoms in total. The second kappa shape index (κ2) is 7.78. The highest BCUT2D eigenvalue weighted by molar-refractivity contribution is 6.17. The van der Waals surface area contributed by atoms with Crippen LogP contribution < -0.4 is 5.32 Å². The van der Waals surface area contributed by atoms with Crippen LogP contribution >= 0.6 is 0 Å². The molecule has 0 aliphatic rings. The van der Waals surface area contributed by atoms with E-state index in [1.54, 1.807) is 24.3 Å². The molecule has 0 unspecified atom stereocenters. The normalized spacial score (nSPS) is 11.3. The summed E-state index contributed by atoms with van der Waals surface area (Å²) in [6, 6.07) is 18.5. The van der Waals surface area contributed by atoms with E-state index in [9.17, 15) is 9.59 Å². The molecule has 0 fully saturated rings. The van der Waals surface area contributed by atoms with Crippen LogP contribution in [0.25, 0.3) is 21.8 Å². The number of hydrogen-bond acceptors (Lipinski definition) is 2. The molecule has 0 atom stereocenters. The monoisotopic (exact) mass is 435 g/mol. The molecule has 5 aromatic rings. The number of aryl methyl sites for hydroxylation is 4. The number of hydrogen-bond donors (Lipinski definition) is 3. The first-order chi connectivity index (χ1) is 15.8. The standard InChI is InChI=1S/C28H25N3O2/c1-15-17(3)29-25-21(15)10-6-12-23(25)27(32)19-8-5-9-20(14-19)28(33)31-24-13-7-11-22-16(2)18(4)30-26(22)24/h5-14,29-30H,1-4H3,(H,31,33). The fourth-order valence-corrected chi connectivity index (χ4v) is 4.41. The number of aromatic amines is 2. The van der Waals surface area contributed by atoms with Gasteiger partial charge in [0.1, 0.15) is 0 Å². The zero-order valence-electron chi connectivity index (χ0n) is 19.1. The Morgan fingerprint density at radius 1 is 0.697 bits per heavy atom. The van der Waals surface area contributed by atoms with Crippen molar-refractivity contribution in [1.82, 2.24) is 9.97 Å². The van der Waals surface area contributed by atoms with Crippen LogP contribution in [-0.2, 0) is 0 Å². The summed E-state index contributed by atoms with van der Waals surface area (Å²) in [7, 11) is 0. The van der Waals surface area contributed by atoms with Gasteiger partial charge in [0.2, 0.25) is 0 Å². The minimum atomic E-state index is -0.258. The molecule has 33 heavy (non-hydrogen) atoms. The van der Waals surface area contributed by atoms with Crippen molar-refractivity contribution in [3.05, 3.63) is 99.9 Å². The number of amides is 1. The van der Waals surface area contributed by atoms with Gasteiger partial charge in [0.05, 0.1) is 16.7 Å². The zero-order chi connectivity index (χ0) is 23.3. The van der Waals surface area contributed by atoms with Gasteiger partial charge in [0.25, 0.3) is 5.91 Å². The predicted molar refractivity (Wildman–Crippen MR) is 133 cm³/mol. The summed E-state index contributed by atoms with van der Waals surface area (Å²) in [5, 5.41) is 5.12. The average molecular weight is 436 g/mol. The summed E-state index contributed by atoms with van der Waals surface area (Å²) in [6.07, 6.45) is 0. The molecule has 0 spiro atoms. The number of carbonyl (C=O) groups is 2. The van der Waals surface area contributed by atoms with E-state index < -0.39 is 0 Å². The molecule has 2 aromatic heterocycles. The topological polar surface area (TPSA) is 77.8 Å². The van der Waals surface area contributed by atoms with E-state index in [0.717, 1.165) is 44.3 Å². The molecule has 1 amide bonds. The van der Waals surface area contributed by atoms with Crippen molar-refractivity contribution in [2.24, 2.45) is 0 Å². The van der Waals surface area contributed by atoms with E-state index in [-0.39, 0.29) is 11.7 Å². The zero-order valence-corrected chi connectivity index (χ0v) is 19.1. The number of para-hydroxylation sites is 2. The highest BCUT2D eigenvalue weighted by Crippen LogP contribution is 2.29. The highest BCUT2D eigenvalue weighted by atomic mass is 16.1. The van der Waals surface area contributed by atoms with Gasteiger partial charge in [-0.3, -0.25) is 9.59 Å². The van der Waals surface area contributed by atoms with Gasteiger partial charge in [-0.15, -0.1) is 0 Å². The Morgan fingerprint density at radius 3 is 2.00 bits per heavy atom. The van der Waals surface area contributed by atoms with Crippen LogP contribution in [0.1, 0.15) is 48.8 Å². The largest absolute Gasteiger partial charge is 0.358 e. The fourth-order valence-electron chi connectivity index (χ4n) is 4.41. The number of benzene rings is 3. The summed E-state index contributed by atoms with van der Waals surface area (Å²) < 4.78 is 0. The van der Waals surface area contributed by atoms with Crippen molar-refractivity contribution in [3.63, 3.8) is 0 Å². The maximum atomic E-state index is 13.4. The van der Waals surface area contributed by atoms with Crippen LogP contribution in [0.2, 0.25) is 0 Å². The Morgan fingerprint density at radius 2 is 1.27 bits per heavy atom. The molecule has 5 heteroatoms. The van der Waals surface area contributed by atoms with Gasteiger partial charge in [-0.1, -0.05) is 36.4 Å². The van der Waals surface area contributed by atoms with Crippen molar-refractivity contribution in [2.75, 3.05) is 5.32 Å². The van der Waals surface area contributed by atoms with Gasteiger partial charge < -0.3 is 15.3 Å². The molecule has 164 valence electrons. The maximum Gasteiger partial charge on any atom is 0.255 e. The molecule has 0 aliphatic carbocycles. The minimum absolute atomic E-state index is 0.116. The van der Waals surface area contributed by atoms with E-state index in [1.165, 1.54) is 0 Å². The molecule has 0 aliphatic heterocycles. The van der Waals surface area contributed by atoms with E-state index in [4.69, 9.17) is 0 Å². The first-order valence-corrected chi connectivity index (χ1v) is 11.0. The van der Waals surface area contributed by atoms with Gasteiger partial charge in [-0.2, -0.15) is 0 Å². The molecule has 0 saturated carbocycles. The lowest BCUT2D eigenvalue weighted by molar-refractivity contribution is 0.102. The molecular weight excluding hydrogens is 410 g/mol. The number of carbonyl (C=O) groups excluding carboxylic acids is 2. The maximum absolute atomic E-state index is 13.4. The van der Waals surface area contributed by atoms with Crippen LogP contribution in [0.3, 0.4) is 0 Å². The summed E-state index contributed by atoms with van der Waals surface area (Å²) >= 11 is 0. The quantitative estimate of drug-likeness (QED) is 0.287. The molecule has 5 rings (SSSR count). The molecule has 0 saturated heterocycles. The van der Waals surface area contributed by atoms with E-state index >= 15 is 0 Å². The van der Waals surface area contributed by atoms with Gasteiger partial charge in [0.15, 0.2) is 5.78 Å². The van der Waals surface area contributed by atoms with Crippen molar-refractivity contribution in [2.45, 2.75) is 27.7 Å². The highest BCUT2D eigenvalue weighted by Gasteiger charge is 2.18. The van der Waals surface area contributed by atoms with Gasteiger partial charge in [-0.05, 0) is 63.1 Å². The predicted octanol–water partition coefficient (Wildman–Crippen LogP) is 6.37. The minimum Gasteiger partial charge on any atom is -0.358 e. The molecule has 2 heterocycles. The summed E-state index contributed by atoms with van der Waals surface area (Å²) in [5.74, 6) is -0.374. The lowest BCUT2D eigenvalue weighted by atomic mass is 9.98. The summed E-state index contributed by atoms with van der Waals surface area (Å²) in [4.78, 5) is 33.1. The van der Waals surface area contributed by atoms with Gasteiger partial charge >= 0.3 is 0 Å². The Hall–Kier alpha value is -4.12. The second-order valence-electron chi connectivity index (χ2n) is 8.57. The third-order valence-corrected chi connectivity index (χ3v) is 6.57. The smallest absolute Gasteiger partial charge is 0.255 e. The molecule has 0 bridgehead atoms. The number of ketones is 1. The molecule has 0 radical (unpaired) electrons. The van der Waals surface area contributed by atoms with Crippen LogP contribution in [0.15, 0.2) is 60.7 Å². The van der Waals surface area contributed by atoms with Crippen molar-refractivity contribution in [1.29, 1.82) is 0 Å². The fraction of sp³-hybridized carbons (Fsp3) is 0.143. The van der Waals surface area contributed by atoms with Crippen LogP contribution in [0.5, 0.6) is 0 Å². The molecule has 3 N–H and O–H groups in total. The second-order valence-corrected chi connectivity index (χ2v) is 8.57. The first kappa shape index (κ1) is 20.8. The van der Waals surface area contributed by atoms with Crippen LogP contribution in [-0.4, -0.2) is 21.7 Å². The van der Waals surface area contributed by atoms with Crippen molar-refractivity contribution in [3.8, 4) is 0 Å². The third-order valence-electron chi connectivity index (χ3n) is 6.57. The number of H-pyrrole nitrogens is 2. The van der Waals surface area contributed by atoms with Crippen molar-refractivity contribution < 1.29 is 9.59 Å². The van der Waals surface area contributed by atoms with Gasteiger partial charge in [0, 0.05) is 38.9 Å². The molecule has 3 aromatic carbocycles. The Labute approximate surface area is 191 Å². The lowest BCUT2D eigenvalue weighted by Crippen LogP contribution is -2.13. The number of nitrogens with one attached hydrogen (secondary N) is 3. The summed E-state index contributed by atoms with van der Waals surface area (Å²) in [5.41, 5.74) is 8.37. The molecular formula is C28H25N3O2. The number of fused-ring (bicyclic) bond motifs is 2. The van der Waals surface area contributed by atoms with Crippen molar-refractivity contribution >= 4 is 39.2 Å². The average Bonchev–Trinajstić information content (AvgIpc) is 3.29. The Kier molecular flexibility index (Phi) is 4.90. The third kappa shape index (κ3) is 3.42. The number of aromatic nitrogens is 2. The lowest BCUT2D eigenvalue weighted by Gasteiger charge is -2.09. The van der Waals surface area contributed by atoms with Gasteiger partial charge in [-0.25, -0.2) is 0 Å². The van der Waals surface area contributed by atoms with E-state index in [0.29, 0.717) is 22.4 Å². The number of anilines is 1. The van der Waals surface area contributed by atoms with E-state index in [1.807, 2.05) is 57.2 Å². The van der Waals surface area contributed by atoms with Crippen LogP contribution in [0.4, 0.5) is 5.69 Å². The van der Waals surface area contributed by atoms with E-state index in [2.05, 4.69) is 22.2 Å². The first-order valence-electron chi connectivity index (χ1n) is 11.0. The number of rotatable bonds is 4.